The number of benzene rings is 1. The lowest BCUT2D eigenvalue weighted by Crippen LogP contribution is -2.05. The van der Waals surface area contributed by atoms with Gasteiger partial charge in [0.15, 0.2) is 0 Å². The Morgan fingerprint density at radius 3 is 2.93 bits per heavy atom. The Morgan fingerprint density at radius 2 is 2.27 bits per heavy atom. The van der Waals surface area contributed by atoms with E-state index in [4.69, 9.17) is 5.73 Å². The zero-order valence-electron chi connectivity index (χ0n) is 8.23. The molecular weight excluding hydrogens is 208 g/mol. The first kappa shape index (κ1) is 9.86. The Balaban J connectivity index is 2.47. The summed E-state index contributed by atoms with van der Waals surface area (Å²) < 4.78 is 0. The van der Waals surface area contributed by atoms with Gasteiger partial charge in [0.25, 0.3) is 0 Å². The molecule has 1 aromatic heterocycles. The number of carbonyl (C=O) groups is 1. The summed E-state index contributed by atoms with van der Waals surface area (Å²) in [5, 5.41) is 1.74. The SMILES string of the molecule is Cc1c(N)cccc1C(=O)c1cscn1. The van der Waals surface area contributed by atoms with Gasteiger partial charge >= 0.3 is 0 Å². The standard InChI is InChI=1S/C11H10N2OS/c1-7-8(3-2-4-9(7)12)11(14)10-5-15-6-13-10/h2-6H,12H2,1H3. The fraction of sp³-hybridized carbons (Fsp3) is 0.0909. The Kier molecular flexibility index (Phi) is 2.51. The highest BCUT2D eigenvalue weighted by Gasteiger charge is 2.14. The molecule has 15 heavy (non-hydrogen) atoms. The summed E-state index contributed by atoms with van der Waals surface area (Å²) in [6, 6.07) is 5.34. The van der Waals surface area contributed by atoms with Crippen LogP contribution in [0.5, 0.6) is 0 Å². The molecule has 0 aliphatic heterocycles. The van der Waals surface area contributed by atoms with Gasteiger partial charge < -0.3 is 5.73 Å². The largest absolute Gasteiger partial charge is 0.398 e. The minimum Gasteiger partial charge on any atom is -0.398 e. The van der Waals surface area contributed by atoms with Crippen molar-refractivity contribution in [3.63, 3.8) is 0 Å². The van der Waals surface area contributed by atoms with Crippen LogP contribution in [0, 0.1) is 6.92 Å². The predicted molar refractivity (Wildman–Crippen MR) is 61.1 cm³/mol. The van der Waals surface area contributed by atoms with E-state index < -0.39 is 0 Å². The second kappa shape index (κ2) is 3.82. The van der Waals surface area contributed by atoms with Crippen LogP contribution in [0.2, 0.25) is 0 Å². The average Bonchev–Trinajstić information content (AvgIpc) is 2.74. The monoisotopic (exact) mass is 218 g/mol. The summed E-state index contributed by atoms with van der Waals surface area (Å²) in [4.78, 5) is 16.0. The van der Waals surface area contributed by atoms with Gasteiger partial charge in [-0.25, -0.2) is 4.98 Å². The molecule has 0 unspecified atom stereocenters. The fourth-order valence-electron chi connectivity index (χ4n) is 1.36. The molecule has 1 heterocycles. The second-order valence-corrected chi connectivity index (χ2v) is 3.94. The van der Waals surface area contributed by atoms with Crippen LogP contribution in [0.15, 0.2) is 29.1 Å². The molecule has 0 amide bonds. The Hall–Kier alpha value is -1.68. The minimum absolute atomic E-state index is 0.0685. The third-order valence-electron chi connectivity index (χ3n) is 2.29. The Morgan fingerprint density at radius 1 is 1.47 bits per heavy atom. The average molecular weight is 218 g/mol. The van der Waals surface area contributed by atoms with Gasteiger partial charge in [0.05, 0.1) is 5.51 Å². The summed E-state index contributed by atoms with van der Waals surface area (Å²) in [7, 11) is 0. The summed E-state index contributed by atoms with van der Waals surface area (Å²) >= 11 is 1.41. The highest BCUT2D eigenvalue weighted by atomic mass is 32.1. The topological polar surface area (TPSA) is 56.0 Å². The first-order chi connectivity index (χ1) is 7.20. The number of hydrogen-bond donors (Lipinski definition) is 1. The van der Waals surface area contributed by atoms with Gasteiger partial charge in [0.1, 0.15) is 5.69 Å². The van der Waals surface area contributed by atoms with E-state index in [0.29, 0.717) is 16.9 Å². The molecule has 2 rings (SSSR count). The number of nitrogens with zero attached hydrogens (tertiary/aromatic N) is 1. The smallest absolute Gasteiger partial charge is 0.212 e. The van der Waals surface area contributed by atoms with E-state index in [-0.39, 0.29) is 5.78 Å². The van der Waals surface area contributed by atoms with E-state index in [2.05, 4.69) is 4.98 Å². The zero-order valence-corrected chi connectivity index (χ0v) is 9.04. The van der Waals surface area contributed by atoms with E-state index in [9.17, 15) is 4.79 Å². The number of anilines is 1. The zero-order chi connectivity index (χ0) is 10.8. The molecule has 0 radical (unpaired) electrons. The minimum atomic E-state index is -0.0685. The van der Waals surface area contributed by atoms with Crippen LogP contribution in [0.25, 0.3) is 0 Å². The van der Waals surface area contributed by atoms with Crippen molar-refractivity contribution >= 4 is 22.8 Å². The lowest BCUT2D eigenvalue weighted by molar-refractivity contribution is 0.103. The molecule has 2 N–H and O–H groups in total. The van der Waals surface area contributed by atoms with Gasteiger partial charge in [-0.05, 0) is 18.6 Å². The number of aromatic nitrogens is 1. The van der Waals surface area contributed by atoms with Crippen molar-refractivity contribution < 1.29 is 4.79 Å². The summed E-state index contributed by atoms with van der Waals surface area (Å²) in [6.07, 6.45) is 0. The maximum atomic E-state index is 12.0. The van der Waals surface area contributed by atoms with Crippen molar-refractivity contribution in [1.82, 2.24) is 4.98 Å². The van der Waals surface area contributed by atoms with Crippen molar-refractivity contribution in [2.24, 2.45) is 0 Å². The summed E-state index contributed by atoms with van der Waals surface area (Å²) in [5.74, 6) is -0.0685. The van der Waals surface area contributed by atoms with Crippen LogP contribution in [0.3, 0.4) is 0 Å². The van der Waals surface area contributed by atoms with Crippen LogP contribution in [0.1, 0.15) is 21.6 Å². The third kappa shape index (κ3) is 1.76. The number of carbonyl (C=O) groups excluding carboxylic acids is 1. The molecule has 76 valence electrons. The van der Waals surface area contributed by atoms with Gasteiger partial charge in [-0.1, -0.05) is 12.1 Å². The van der Waals surface area contributed by atoms with Crippen LogP contribution in [0.4, 0.5) is 5.69 Å². The van der Waals surface area contributed by atoms with E-state index >= 15 is 0 Å². The summed E-state index contributed by atoms with van der Waals surface area (Å²) in [5.41, 5.74) is 9.95. The molecule has 0 spiro atoms. The lowest BCUT2D eigenvalue weighted by atomic mass is 10.0. The number of ketones is 1. The van der Waals surface area contributed by atoms with Gasteiger partial charge in [0, 0.05) is 16.6 Å². The van der Waals surface area contributed by atoms with E-state index in [1.807, 2.05) is 6.92 Å². The van der Waals surface area contributed by atoms with Crippen molar-refractivity contribution in [2.45, 2.75) is 6.92 Å². The van der Waals surface area contributed by atoms with Crippen molar-refractivity contribution in [3.8, 4) is 0 Å². The predicted octanol–water partition coefficient (Wildman–Crippen LogP) is 2.26. The molecule has 2 aromatic rings. The van der Waals surface area contributed by atoms with Crippen molar-refractivity contribution in [3.05, 3.63) is 45.9 Å². The van der Waals surface area contributed by atoms with E-state index in [0.717, 1.165) is 5.56 Å². The second-order valence-electron chi connectivity index (χ2n) is 3.22. The normalized spacial score (nSPS) is 10.2. The molecule has 3 nitrogen and oxygen atoms in total. The highest BCUT2D eigenvalue weighted by Crippen LogP contribution is 2.18. The maximum Gasteiger partial charge on any atom is 0.212 e. The highest BCUT2D eigenvalue weighted by molar-refractivity contribution is 7.07. The van der Waals surface area contributed by atoms with Gasteiger partial charge in [-0.3, -0.25) is 4.79 Å². The third-order valence-corrected chi connectivity index (χ3v) is 2.87. The van der Waals surface area contributed by atoms with Gasteiger partial charge in [0.2, 0.25) is 5.78 Å². The van der Waals surface area contributed by atoms with Crippen LogP contribution in [-0.2, 0) is 0 Å². The fourth-order valence-corrected chi connectivity index (χ4v) is 1.89. The summed E-state index contributed by atoms with van der Waals surface area (Å²) in [6.45, 7) is 1.84. The van der Waals surface area contributed by atoms with Crippen LogP contribution in [-0.4, -0.2) is 10.8 Å². The van der Waals surface area contributed by atoms with Crippen LogP contribution >= 0.6 is 11.3 Å². The number of thiazole rings is 1. The molecule has 0 saturated carbocycles. The maximum absolute atomic E-state index is 12.0. The number of hydrogen-bond acceptors (Lipinski definition) is 4. The number of nitrogen functional groups attached to an aromatic ring is 1. The molecular formula is C11H10N2OS. The molecule has 0 atom stereocenters. The van der Waals surface area contributed by atoms with E-state index in [1.165, 1.54) is 11.3 Å². The van der Waals surface area contributed by atoms with E-state index in [1.54, 1.807) is 29.1 Å². The van der Waals surface area contributed by atoms with Crippen molar-refractivity contribution in [2.75, 3.05) is 5.73 Å². The molecule has 0 aliphatic rings. The quantitative estimate of drug-likeness (QED) is 0.621. The first-order valence-electron chi connectivity index (χ1n) is 4.48. The molecule has 4 heteroatoms. The number of nitrogens with two attached hydrogens (primary N) is 1. The molecule has 0 fully saturated rings. The number of rotatable bonds is 2. The molecule has 1 aromatic carbocycles. The van der Waals surface area contributed by atoms with Crippen molar-refractivity contribution in [1.29, 1.82) is 0 Å². The molecule has 0 aliphatic carbocycles. The van der Waals surface area contributed by atoms with Gasteiger partial charge in [-0.15, -0.1) is 11.3 Å². The Labute approximate surface area is 91.6 Å². The Bertz CT molecular complexity index is 491. The lowest BCUT2D eigenvalue weighted by Gasteiger charge is -2.05. The van der Waals surface area contributed by atoms with Gasteiger partial charge in [-0.2, -0.15) is 0 Å². The first-order valence-corrected chi connectivity index (χ1v) is 5.42. The molecule has 0 saturated heterocycles. The molecule has 0 bridgehead atoms. The van der Waals surface area contributed by atoms with Crippen LogP contribution < -0.4 is 5.73 Å².